The number of carbonyl (C=O) groups is 1. The first-order valence-corrected chi connectivity index (χ1v) is 9.48. The van der Waals surface area contributed by atoms with Crippen molar-refractivity contribution in [3.05, 3.63) is 39.1 Å². The van der Waals surface area contributed by atoms with Crippen molar-refractivity contribution in [3.8, 4) is 11.4 Å². The highest BCUT2D eigenvalue weighted by molar-refractivity contribution is 7.15. The Labute approximate surface area is 164 Å². The SMILES string of the molecule is CCn1c(C)ccc(-c2noc(CCC(=O)Nc3nnc(COC)s3)n2)c1=O. The van der Waals surface area contributed by atoms with Crippen molar-refractivity contribution in [1.82, 2.24) is 24.9 Å². The van der Waals surface area contributed by atoms with Crippen molar-refractivity contribution in [2.24, 2.45) is 0 Å². The van der Waals surface area contributed by atoms with Gasteiger partial charge in [-0.1, -0.05) is 16.5 Å². The van der Waals surface area contributed by atoms with Crippen LogP contribution in [0.1, 0.15) is 29.9 Å². The van der Waals surface area contributed by atoms with Crippen LogP contribution in [0.5, 0.6) is 0 Å². The zero-order valence-corrected chi connectivity index (χ0v) is 16.6. The molecule has 3 rings (SSSR count). The Balaban J connectivity index is 1.62. The number of nitrogens with zero attached hydrogens (tertiary/aromatic N) is 5. The summed E-state index contributed by atoms with van der Waals surface area (Å²) in [4.78, 5) is 28.8. The molecule has 0 bridgehead atoms. The molecule has 0 aliphatic heterocycles. The van der Waals surface area contributed by atoms with Crippen LogP contribution in [0.3, 0.4) is 0 Å². The van der Waals surface area contributed by atoms with Crippen LogP contribution in [-0.4, -0.2) is 37.9 Å². The highest BCUT2D eigenvalue weighted by atomic mass is 32.1. The molecule has 3 aromatic rings. The van der Waals surface area contributed by atoms with E-state index >= 15 is 0 Å². The maximum absolute atomic E-state index is 12.5. The average molecular weight is 404 g/mol. The first kappa shape index (κ1) is 19.8. The molecule has 148 valence electrons. The third kappa shape index (κ3) is 4.49. The second-order valence-electron chi connectivity index (χ2n) is 5.93. The van der Waals surface area contributed by atoms with Crippen LogP contribution in [0, 0.1) is 6.92 Å². The van der Waals surface area contributed by atoms with E-state index in [1.807, 2.05) is 19.9 Å². The fourth-order valence-electron chi connectivity index (χ4n) is 2.59. The van der Waals surface area contributed by atoms with Crippen LogP contribution in [-0.2, 0) is 29.1 Å². The molecular weight excluding hydrogens is 384 g/mol. The Morgan fingerprint density at radius 3 is 2.93 bits per heavy atom. The number of amides is 1. The smallest absolute Gasteiger partial charge is 0.261 e. The lowest BCUT2D eigenvalue weighted by Crippen LogP contribution is -2.23. The van der Waals surface area contributed by atoms with E-state index in [2.05, 4.69) is 25.7 Å². The van der Waals surface area contributed by atoms with E-state index < -0.39 is 0 Å². The second kappa shape index (κ2) is 8.85. The molecule has 0 spiro atoms. The molecule has 3 aromatic heterocycles. The summed E-state index contributed by atoms with van der Waals surface area (Å²) in [6.07, 6.45) is 0.379. The lowest BCUT2D eigenvalue weighted by Gasteiger charge is -2.07. The fourth-order valence-corrected chi connectivity index (χ4v) is 3.32. The van der Waals surface area contributed by atoms with Gasteiger partial charge in [0.25, 0.3) is 5.56 Å². The van der Waals surface area contributed by atoms with E-state index in [9.17, 15) is 9.59 Å². The Morgan fingerprint density at radius 2 is 2.18 bits per heavy atom. The largest absolute Gasteiger partial charge is 0.377 e. The van der Waals surface area contributed by atoms with Crippen molar-refractivity contribution >= 4 is 22.4 Å². The second-order valence-corrected chi connectivity index (χ2v) is 6.99. The topological polar surface area (TPSA) is 125 Å². The van der Waals surface area contributed by atoms with E-state index in [4.69, 9.17) is 9.26 Å². The number of ether oxygens (including phenoxy) is 1. The zero-order chi connectivity index (χ0) is 20.1. The minimum absolute atomic E-state index is 0.133. The molecule has 1 N–H and O–H groups in total. The summed E-state index contributed by atoms with van der Waals surface area (Å²) < 4.78 is 11.8. The summed E-state index contributed by atoms with van der Waals surface area (Å²) in [5.41, 5.74) is 1.06. The predicted octanol–water partition coefficient (Wildman–Crippen LogP) is 1.80. The van der Waals surface area contributed by atoms with Gasteiger partial charge in [0.1, 0.15) is 11.6 Å². The molecule has 0 aliphatic rings. The third-order valence-corrected chi connectivity index (χ3v) is 4.78. The van der Waals surface area contributed by atoms with Crippen molar-refractivity contribution in [1.29, 1.82) is 0 Å². The summed E-state index contributed by atoms with van der Waals surface area (Å²) in [7, 11) is 1.56. The number of rotatable bonds is 8. The number of anilines is 1. The lowest BCUT2D eigenvalue weighted by molar-refractivity contribution is -0.116. The quantitative estimate of drug-likeness (QED) is 0.602. The van der Waals surface area contributed by atoms with Crippen molar-refractivity contribution in [2.75, 3.05) is 12.4 Å². The van der Waals surface area contributed by atoms with Gasteiger partial charge < -0.3 is 19.1 Å². The molecule has 0 aromatic carbocycles. The van der Waals surface area contributed by atoms with Gasteiger partial charge in [0.15, 0.2) is 0 Å². The molecule has 0 radical (unpaired) electrons. The number of methoxy groups -OCH3 is 1. The third-order valence-electron chi connectivity index (χ3n) is 3.96. The molecule has 0 aliphatic carbocycles. The summed E-state index contributed by atoms with van der Waals surface area (Å²) >= 11 is 1.25. The van der Waals surface area contributed by atoms with Crippen LogP contribution in [0.2, 0.25) is 0 Å². The van der Waals surface area contributed by atoms with E-state index in [0.29, 0.717) is 28.9 Å². The Bertz CT molecular complexity index is 1020. The number of nitrogens with one attached hydrogen (secondary N) is 1. The maximum Gasteiger partial charge on any atom is 0.261 e. The highest BCUT2D eigenvalue weighted by Gasteiger charge is 2.15. The molecule has 28 heavy (non-hydrogen) atoms. The van der Waals surface area contributed by atoms with Gasteiger partial charge in [-0.15, -0.1) is 10.2 Å². The minimum Gasteiger partial charge on any atom is -0.377 e. The van der Waals surface area contributed by atoms with Crippen molar-refractivity contribution in [3.63, 3.8) is 0 Å². The molecule has 11 heteroatoms. The predicted molar refractivity (Wildman–Crippen MR) is 102 cm³/mol. The van der Waals surface area contributed by atoms with Gasteiger partial charge in [-0.25, -0.2) is 0 Å². The number of aryl methyl sites for hydroxylation is 2. The molecule has 0 atom stereocenters. The molecule has 0 saturated carbocycles. The lowest BCUT2D eigenvalue weighted by atomic mass is 10.2. The van der Waals surface area contributed by atoms with Crippen LogP contribution in [0.25, 0.3) is 11.4 Å². The Kier molecular flexibility index (Phi) is 6.26. The van der Waals surface area contributed by atoms with Gasteiger partial charge in [0.2, 0.25) is 22.8 Å². The van der Waals surface area contributed by atoms with Crippen LogP contribution in [0.15, 0.2) is 21.5 Å². The normalized spacial score (nSPS) is 11.0. The van der Waals surface area contributed by atoms with Gasteiger partial charge in [-0.05, 0) is 26.0 Å². The average Bonchev–Trinajstić information content (AvgIpc) is 3.30. The van der Waals surface area contributed by atoms with Gasteiger partial charge >= 0.3 is 0 Å². The molecule has 0 saturated heterocycles. The van der Waals surface area contributed by atoms with E-state index in [1.54, 1.807) is 17.7 Å². The molecule has 0 unspecified atom stereocenters. The molecule has 1 amide bonds. The minimum atomic E-state index is -0.247. The number of aromatic nitrogens is 5. The summed E-state index contributed by atoms with van der Waals surface area (Å²) in [5.74, 6) is 0.255. The summed E-state index contributed by atoms with van der Waals surface area (Å²) in [6, 6.07) is 3.52. The van der Waals surface area contributed by atoms with Gasteiger partial charge in [-0.2, -0.15) is 4.98 Å². The van der Waals surface area contributed by atoms with E-state index in [0.717, 1.165) is 5.69 Å². The molecule has 0 fully saturated rings. The zero-order valence-electron chi connectivity index (χ0n) is 15.8. The highest BCUT2D eigenvalue weighted by Crippen LogP contribution is 2.17. The van der Waals surface area contributed by atoms with E-state index in [1.165, 1.54) is 11.3 Å². The van der Waals surface area contributed by atoms with E-state index in [-0.39, 0.29) is 36.0 Å². The maximum atomic E-state index is 12.5. The van der Waals surface area contributed by atoms with Crippen molar-refractivity contribution < 1.29 is 14.1 Å². The number of hydrogen-bond acceptors (Lipinski definition) is 9. The van der Waals surface area contributed by atoms with Crippen LogP contribution in [0.4, 0.5) is 5.13 Å². The monoisotopic (exact) mass is 404 g/mol. The number of carbonyl (C=O) groups excluding carboxylic acids is 1. The van der Waals surface area contributed by atoms with Gasteiger partial charge in [0.05, 0.1) is 5.56 Å². The summed E-state index contributed by atoms with van der Waals surface area (Å²) in [5, 5.41) is 15.4. The fraction of sp³-hybridized carbons (Fsp3) is 0.412. The van der Waals surface area contributed by atoms with Crippen LogP contribution >= 0.6 is 11.3 Å². The summed E-state index contributed by atoms with van der Waals surface area (Å²) in [6.45, 7) is 4.66. The Morgan fingerprint density at radius 1 is 1.36 bits per heavy atom. The molecular formula is C17H20N6O4S. The van der Waals surface area contributed by atoms with Crippen LogP contribution < -0.4 is 10.9 Å². The number of hydrogen-bond donors (Lipinski definition) is 1. The van der Waals surface area contributed by atoms with Crippen molar-refractivity contribution in [2.45, 2.75) is 39.8 Å². The molecule has 10 nitrogen and oxygen atoms in total. The number of pyridine rings is 1. The first-order chi connectivity index (χ1) is 13.5. The molecule has 3 heterocycles. The standard InChI is InChI=1S/C17H20N6O4S/c1-4-23-10(2)5-6-11(16(23)25)15-19-13(27-22-15)8-7-12(24)18-17-21-20-14(28-17)9-26-3/h5-6H,4,7-9H2,1-3H3,(H,18,21,24). The van der Waals surface area contributed by atoms with Gasteiger partial charge in [-0.3, -0.25) is 9.59 Å². The first-order valence-electron chi connectivity index (χ1n) is 8.66. The van der Waals surface area contributed by atoms with Gasteiger partial charge in [0, 0.05) is 32.2 Å². The Hall–Kier alpha value is -2.92.